The molecule has 0 aliphatic rings. The van der Waals surface area contributed by atoms with E-state index in [1.165, 1.54) is 16.5 Å². The van der Waals surface area contributed by atoms with Gasteiger partial charge in [-0.1, -0.05) is 54.6 Å². The Balaban J connectivity index is 0.000000282. The Morgan fingerprint density at radius 1 is 0.810 bits per heavy atom. The van der Waals surface area contributed by atoms with Gasteiger partial charge in [0.05, 0.1) is 20.4 Å². The van der Waals surface area contributed by atoms with Crippen LogP contribution in [0.15, 0.2) is 66.9 Å². The van der Waals surface area contributed by atoms with Crippen LogP contribution in [0.1, 0.15) is 0 Å². The highest BCUT2D eigenvalue weighted by Crippen LogP contribution is 2.26. The second-order valence-corrected chi connectivity index (χ2v) is 4.93. The molecule has 5 nitrogen and oxygen atoms in total. The molecule has 0 fully saturated rings. The number of fused-ring (bicyclic) bond motifs is 1. The summed E-state index contributed by atoms with van der Waals surface area (Å²) in [6.45, 7) is 0. The molecule has 0 radical (unpaired) electrons. The standard InChI is InChI=1S/C15H11N.ClHO4/c1-2-6-12(7-3-1)14-10-4-8-13-9-5-11-16-15(13)14;2-1(3,4)5/h1-11H;(H,2,3,4,5). The zero-order valence-corrected chi connectivity index (χ0v) is 11.6. The number of halogens is 1. The lowest BCUT2D eigenvalue weighted by atomic mass is 10.0. The van der Waals surface area contributed by atoms with Crippen molar-refractivity contribution in [1.82, 2.24) is 4.98 Å². The largest absolute Gasteiger partial charge is 0.256 e. The van der Waals surface area contributed by atoms with Crippen molar-refractivity contribution in [3.63, 3.8) is 0 Å². The number of aromatic nitrogens is 1. The molecule has 6 heteroatoms. The molecule has 21 heavy (non-hydrogen) atoms. The first-order valence-corrected chi connectivity index (χ1v) is 7.24. The van der Waals surface area contributed by atoms with Crippen molar-refractivity contribution in [3.05, 3.63) is 66.9 Å². The van der Waals surface area contributed by atoms with Crippen LogP contribution in [0.25, 0.3) is 22.0 Å². The molecular weight excluding hydrogens is 294 g/mol. The molecule has 2 aromatic carbocycles. The SMILES string of the molecule is [O-][Cl+3]([O-])([O-])O.c1ccc(-c2cccc3cccnc23)cc1. The summed E-state index contributed by atoms with van der Waals surface area (Å²) in [7, 11) is -4.69. The summed E-state index contributed by atoms with van der Waals surface area (Å²) in [5, 5.41) is 1.18. The molecule has 0 unspecified atom stereocenters. The summed E-state index contributed by atoms with van der Waals surface area (Å²) < 4.78 is 32.7. The van der Waals surface area contributed by atoms with Gasteiger partial charge in [0.15, 0.2) is 0 Å². The first-order valence-electron chi connectivity index (χ1n) is 5.97. The summed E-state index contributed by atoms with van der Waals surface area (Å²) in [5.41, 5.74) is 3.47. The van der Waals surface area contributed by atoms with Crippen molar-refractivity contribution in [1.29, 1.82) is 0 Å². The molecule has 3 aromatic rings. The number of benzene rings is 2. The van der Waals surface area contributed by atoms with Crippen molar-refractivity contribution in [2.24, 2.45) is 0 Å². The van der Waals surface area contributed by atoms with E-state index in [4.69, 9.17) is 18.6 Å². The molecule has 0 bridgehead atoms. The summed E-state index contributed by atoms with van der Waals surface area (Å²) in [6.07, 6.45) is 1.84. The van der Waals surface area contributed by atoms with E-state index in [1.807, 2.05) is 18.3 Å². The van der Waals surface area contributed by atoms with Gasteiger partial charge >= 0.3 is 0 Å². The van der Waals surface area contributed by atoms with Crippen molar-refractivity contribution in [2.45, 2.75) is 0 Å². The monoisotopic (exact) mass is 305 g/mol. The number of hydrogen-bond acceptors (Lipinski definition) is 5. The van der Waals surface area contributed by atoms with Gasteiger partial charge in [-0.15, -0.1) is 0 Å². The van der Waals surface area contributed by atoms with Gasteiger partial charge in [0.25, 0.3) is 0 Å². The van der Waals surface area contributed by atoms with E-state index in [9.17, 15) is 0 Å². The van der Waals surface area contributed by atoms with E-state index in [-0.39, 0.29) is 0 Å². The molecule has 0 amide bonds. The third kappa shape index (κ3) is 4.78. The number of para-hydroxylation sites is 1. The Bertz CT molecular complexity index is 702. The number of pyridine rings is 1. The summed E-state index contributed by atoms with van der Waals surface area (Å²) in [5.74, 6) is 0. The molecule has 0 spiro atoms. The Morgan fingerprint density at radius 3 is 2.10 bits per heavy atom. The Morgan fingerprint density at radius 2 is 1.43 bits per heavy atom. The van der Waals surface area contributed by atoms with Gasteiger partial charge in [-0.2, -0.15) is 14.0 Å². The van der Waals surface area contributed by atoms with E-state index < -0.39 is 10.2 Å². The van der Waals surface area contributed by atoms with Gasteiger partial charge in [0.2, 0.25) is 0 Å². The zero-order chi connectivity index (χ0) is 15.3. The molecule has 1 N–H and O–H groups in total. The lowest BCUT2D eigenvalue weighted by molar-refractivity contribution is -1.92. The van der Waals surface area contributed by atoms with Crippen molar-refractivity contribution >= 4 is 10.9 Å². The summed E-state index contributed by atoms with van der Waals surface area (Å²) in [6, 6.07) is 20.7. The van der Waals surface area contributed by atoms with Gasteiger partial charge in [0, 0.05) is 17.1 Å². The van der Waals surface area contributed by atoms with Crippen LogP contribution >= 0.6 is 0 Å². The highest BCUT2D eigenvalue weighted by Gasteiger charge is 2.02. The van der Waals surface area contributed by atoms with E-state index >= 15 is 0 Å². The van der Waals surface area contributed by atoms with Gasteiger partial charge in [-0.25, -0.2) is 0 Å². The second-order valence-electron chi connectivity index (χ2n) is 4.14. The average Bonchev–Trinajstić information content (AvgIpc) is 2.46. The molecule has 0 aliphatic carbocycles. The highest BCUT2D eigenvalue weighted by molar-refractivity contribution is 5.93. The quantitative estimate of drug-likeness (QED) is 0.669. The van der Waals surface area contributed by atoms with E-state index in [2.05, 4.69) is 53.5 Å². The fourth-order valence-electron chi connectivity index (χ4n) is 1.95. The van der Waals surface area contributed by atoms with Crippen LogP contribution in [0, 0.1) is 10.2 Å². The van der Waals surface area contributed by atoms with Crippen molar-refractivity contribution in [3.8, 4) is 11.1 Å². The zero-order valence-electron chi connectivity index (χ0n) is 10.8. The first kappa shape index (κ1) is 15.4. The van der Waals surface area contributed by atoms with E-state index in [0.717, 1.165) is 5.52 Å². The van der Waals surface area contributed by atoms with Crippen LogP contribution in [0.2, 0.25) is 0 Å². The fraction of sp³-hybridized carbons (Fsp3) is 0. The Hall–Kier alpha value is -2.02. The highest BCUT2D eigenvalue weighted by atomic mass is 35.7. The van der Waals surface area contributed by atoms with Crippen LogP contribution in [0.3, 0.4) is 0 Å². The number of hydrogen-bond donors (Lipinski definition) is 1. The van der Waals surface area contributed by atoms with Gasteiger partial charge < -0.3 is 0 Å². The minimum absolute atomic E-state index is 1.07. The maximum atomic E-state index is 8.60. The Labute approximate surface area is 123 Å². The fourth-order valence-corrected chi connectivity index (χ4v) is 1.95. The number of rotatable bonds is 1. The third-order valence-corrected chi connectivity index (χ3v) is 2.72. The predicted molar refractivity (Wildman–Crippen MR) is 69.4 cm³/mol. The van der Waals surface area contributed by atoms with Crippen LogP contribution in [0.5, 0.6) is 0 Å². The van der Waals surface area contributed by atoms with Crippen molar-refractivity contribution in [2.75, 3.05) is 0 Å². The molecule has 0 atom stereocenters. The van der Waals surface area contributed by atoms with Crippen LogP contribution in [-0.4, -0.2) is 9.64 Å². The lowest BCUT2D eigenvalue weighted by Crippen LogP contribution is -2.58. The molecule has 108 valence electrons. The van der Waals surface area contributed by atoms with Crippen LogP contribution < -0.4 is 14.0 Å². The van der Waals surface area contributed by atoms with Crippen molar-refractivity contribution < 1.29 is 28.9 Å². The molecular formula is C15H12ClNO4. The molecule has 0 saturated heterocycles. The smallest absolute Gasteiger partial charge is 0.0780 e. The molecule has 3 rings (SSSR count). The molecule has 0 saturated carbocycles. The van der Waals surface area contributed by atoms with Crippen LogP contribution in [0.4, 0.5) is 0 Å². The lowest BCUT2D eigenvalue weighted by Gasteiger charge is -2.05. The van der Waals surface area contributed by atoms with Gasteiger partial charge in [0.1, 0.15) is 0 Å². The first-order chi connectivity index (χ1) is 9.95. The van der Waals surface area contributed by atoms with E-state index in [1.54, 1.807) is 0 Å². The maximum absolute atomic E-state index is 8.60. The minimum atomic E-state index is -4.69. The molecule has 1 heterocycles. The summed E-state index contributed by atoms with van der Waals surface area (Å²) >= 11 is 0. The maximum Gasteiger partial charge on any atom is 0.0780 e. The third-order valence-electron chi connectivity index (χ3n) is 2.72. The molecule has 1 aromatic heterocycles. The second kappa shape index (κ2) is 6.62. The topological polar surface area (TPSA) is 102 Å². The number of nitrogens with zero attached hydrogens (tertiary/aromatic N) is 1. The minimum Gasteiger partial charge on any atom is -0.256 e. The average molecular weight is 306 g/mol. The molecule has 0 aliphatic heterocycles. The van der Waals surface area contributed by atoms with Crippen LogP contribution in [-0.2, 0) is 0 Å². The predicted octanol–water partition coefficient (Wildman–Crippen LogP) is -0.222. The summed E-state index contributed by atoms with van der Waals surface area (Å²) in [4.78, 5) is 4.46. The Kier molecular flexibility index (Phi) is 4.85. The van der Waals surface area contributed by atoms with Gasteiger partial charge in [-0.3, -0.25) is 4.98 Å². The normalized spacial score (nSPS) is 10.9. The van der Waals surface area contributed by atoms with Gasteiger partial charge in [-0.05, 0) is 11.6 Å². The van der Waals surface area contributed by atoms with E-state index in [0.29, 0.717) is 0 Å².